The van der Waals surface area contributed by atoms with Gasteiger partial charge in [0.15, 0.2) is 5.88 Å². The number of aromatic nitrogens is 5. The normalized spacial score (nSPS) is 14.6. The predicted molar refractivity (Wildman–Crippen MR) is 113 cm³/mol. The SMILES string of the molecule is CC(=Nc1cnn(CC2CC2)c1)c1c(O)[nH]c2cnc(-c3cnccc3C)cc12. The first-order chi connectivity index (χ1) is 14.1. The summed E-state index contributed by atoms with van der Waals surface area (Å²) in [4.78, 5) is 16.5. The number of aromatic hydroxyl groups is 1. The Bertz CT molecular complexity index is 1230. The molecule has 7 heteroatoms. The zero-order chi connectivity index (χ0) is 20.0. The third-order valence-corrected chi connectivity index (χ3v) is 5.40. The van der Waals surface area contributed by atoms with E-state index >= 15 is 0 Å². The Balaban J connectivity index is 1.54. The van der Waals surface area contributed by atoms with Gasteiger partial charge in [0.1, 0.15) is 5.69 Å². The maximum atomic E-state index is 10.5. The van der Waals surface area contributed by atoms with Crippen molar-refractivity contribution in [3.63, 3.8) is 0 Å². The summed E-state index contributed by atoms with van der Waals surface area (Å²) in [5, 5.41) is 15.8. The lowest BCUT2D eigenvalue weighted by Gasteiger charge is -2.05. The summed E-state index contributed by atoms with van der Waals surface area (Å²) in [5.41, 5.74) is 5.84. The fourth-order valence-electron chi connectivity index (χ4n) is 3.65. The molecule has 0 atom stereocenters. The van der Waals surface area contributed by atoms with E-state index < -0.39 is 0 Å². The van der Waals surface area contributed by atoms with Gasteiger partial charge in [0.25, 0.3) is 0 Å². The van der Waals surface area contributed by atoms with Gasteiger partial charge in [0.05, 0.1) is 41.1 Å². The van der Waals surface area contributed by atoms with Crippen molar-refractivity contribution in [2.75, 3.05) is 0 Å². The number of pyridine rings is 2. The molecule has 0 saturated heterocycles. The number of fused-ring (bicyclic) bond motifs is 1. The molecule has 1 aliphatic rings. The summed E-state index contributed by atoms with van der Waals surface area (Å²) in [6.45, 7) is 4.88. The lowest BCUT2D eigenvalue weighted by Crippen LogP contribution is -1.98. The Morgan fingerprint density at radius 2 is 2.17 bits per heavy atom. The minimum absolute atomic E-state index is 0.0912. The van der Waals surface area contributed by atoms with Crippen LogP contribution in [0.5, 0.6) is 5.88 Å². The molecule has 1 saturated carbocycles. The van der Waals surface area contributed by atoms with Gasteiger partial charge >= 0.3 is 0 Å². The molecule has 5 rings (SSSR count). The molecule has 0 bridgehead atoms. The van der Waals surface area contributed by atoms with E-state index in [9.17, 15) is 5.11 Å². The lowest BCUT2D eigenvalue weighted by atomic mass is 10.0. The fourth-order valence-corrected chi connectivity index (χ4v) is 3.65. The van der Waals surface area contributed by atoms with Gasteiger partial charge in [-0.2, -0.15) is 5.10 Å². The summed E-state index contributed by atoms with van der Waals surface area (Å²) >= 11 is 0. The van der Waals surface area contributed by atoms with Crippen molar-refractivity contribution in [2.24, 2.45) is 10.9 Å². The van der Waals surface area contributed by atoms with Crippen molar-refractivity contribution in [3.8, 4) is 17.1 Å². The third kappa shape index (κ3) is 3.40. The van der Waals surface area contributed by atoms with Crippen LogP contribution >= 0.6 is 0 Å². The maximum absolute atomic E-state index is 10.5. The highest BCUT2D eigenvalue weighted by molar-refractivity contribution is 6.13. The number of hydrogen-bond donors (Lipinski definition) is 2. The number of H-pyrrole nitrogens is 1. The van der Waals surface area contributed by atoms with Crippen LogP contribution in [0.1, 0.15) is 30.9 Å². The van der Waals surface area contributed by atoms with Crippen LogP contribution in [0.2, 0.25) is 0 Å². The summed E-state index contributed by atoms with van der Waals surface area (Å²) in [6, 6.07) is 3.93. The highest BCUT2D eigenvalue weighted by Crippen LogP contribution is 2.33. The molecule has 0 radical (unpaired) electrons. The average Bonchev–Trinajstić information content (AvgIpc) is 3.30. The first-order valence-electron chi connectivity index (χ1n) is 9.78. The summed E-state index contributed by atoms with van der Waals surface area (Å²) in [7, 11) is 0. The molecule has 7 nitrogen and oxygen atoms in total. The minimum Gasteiger partial charge on any atom is -0.494 e. The second-order valence-corrected chi connectivity index (χ2v) is 7.72. The third-order valence-electron chi connectivity index (χ3n) is 5.40. The maximum Gasteiger partial charge on any atom is 0.198 e. The molecule has 146 valence electrons. The van der Waals surface area contributed by atoms with E-state index in [2.05, 4.69) is 20.1 Å². The molecule has 0 amide bonds. The summed E-state index contributed by atoms with van der Waals surface area (Å²) < 4.78 is 1.95. The van der Waals surface area contributed by atoms with Crippen LogP contribution in [0.15, 0.2) is 48.1 Å². The topological polar surface area (TPSA) is 92.0 Å². The number of aromatic amines is 1. The van der Waals surface area contributed by atoms with Gasteiger partial charge in [-0.15, -0.1) is 0 Å². The van der Waals surface area contributed by atoms with Gasteiger partial charge in [-0.1, -0.05) is 0 Å². The van der Waals surface area contributed by atoms with Crippen LogP contribution in [0.3, 0.4) is 0 Å². The van der Waals surface area contributed by atoms with Crippen LogP contribution in [-0.2, 0) is 6.54 Å². The molecule has 1 aliphatic carbocycles. The van der Waals surface area contributed by atoms with E-state index in [4.69, 9.17) is 4.99 Å². The Morgan fingerprint density at radius 1 is 1.31 bits per heavy atom. The smallest absolute Gasteiger partial charge is 0.198 e. The van der Waals surface area contributed by atoms with Gasteiger partial charge in [-0.3, -0.25) is 14.6 Å². The highest BCUT2D eigenvalue weighted by atomic mass is 16.3. The Kier molecular flexibility index (Phi) is 4.16. The average molecular weight is 386 g/mol. The predicted octanol–water partition coefficient (Wildman–Crippen LogP) is 4.39. The molecule has 0 spiro atoms. The first-order valence-corrected chi connectivity index (χ1v) is 9.78. The molecule has 0 aliphatic heterocycles. The largest absolute Gasteiger partial charge is 0.494 e. The Labute approximate surface area is 168 Å². The van der Waals surface area contributed by atoms with Crippen LogP contribution in [0.4, 0.5) is 5.69 Å². The zero-order valence-electron chi connectivity index (χ0n) is 16.4. The van der Waals surface area contributed by atoms with E-state index in [0.29, 0.717) is 5.56 Å². The molecule has 4 heterocycles. The molecule has 4 aromatic rings. The van der Waals surface area contributed by atoms with E-state index in [0.717, 1.165) is 51.6 Å². The molecule has 0 unspecified atom stereocenters. The van der Waals surface area contributed by atoms with Crippen molar-refractivity contribution in [3.05, 3.63) is 54.2 Å². The van der Waals surface area contributed by atoms with Crippen LogP contribution in [-0.4, -0.2) is 35.6 Å². The Morgan fingerprint density at radius 3 is 2.97 bits per heavy atom. The van der Waals surface area contributed by atoms with Crippen molar-refractivity contribution in [2.45, 2.75) is 33.2 Å². The van der Waals surface area contributed by atoms with Gasteiger partial charge in [0.2, 0.25) is 0 Å². The van der Waals surface area contributed by atoms with Gasteiger partial charge < -0.3 is 10.1 Å². The highest BCUT2D eigenvalue weighted by Gasteiger charge is 2.22. The van der Waals surface area contributed by atoms with E-state index in [1.54, 1.807) is 18.6 Å². The van der Waals surface area contributed by atoms with Gasteiger partial charge in [0, 0.05) is 29.9 Å². The lowest BCUT2D eigenvalue weighted by molar-refractivity contribution is 0.457. The number of hydrogen-bond acceptors (Lipinski definition) is 5. The molecule has 2 N–H and O–H groups in total. The summed E-state index contributed by atoms with van der Waals surface area (Å²) in [5.74, 6) is 0.848. The molecule has 0 aromatic carbocycles. The van der Waals surface area contributed by atoms with Crippen molar-refractivity contribution < 1.29 is 5.11 Å². The number of rotatable bonds is 5. The molecular formula is C22H22N6O. The van der Waals surface area contributed by atoms with E-state index in [1.807, 2.05) is 43.1 Å². The monoisotopic (exact) mass is 386 g/mol. The van der Waals surface area contributed by atoms with E-state index in [-0.39, 0.29) is 5.88 Å². The van der Waals surface area contributed by atoms with Crippen molar-refractivity contribution in [1.29, 1.82) is 0 Å². The Hall–Kier alpha value is -3.48. The van der Waals surface area contributed by atoms with E-state index in [1.165, 1.54) is 12.8 Å². The molecular weight excluding hydrogens is 364 g/mol. The second-order valence-electron chi connectivity index (χ2n) is 7.72. The quantitative estimate of drug-likeness (QED) is 0.498. The van der Waals surface area contributed by atoms with Crippen LogP contribution < -0.4 is 0 Å². The number of nitrogens with zero attached hydrogens (tertiary/aromatic N) is 5. The standard InChI is InChI=1S/C22H22N6O/c1-13-5-6-23-9-18(13)19-7-17-20(10-24-19)27-22(29)21(17)14(2)26-16-8-25-28(12-16)11-15-3-4-15/h5-10,12,15,27,29H,3-4,11H2,1-2H3. The molecule has 4 aromatic heterocycles. The van der Waals surface area contributed by atoms with Crippen molar-refractivity contribution in [1.82, 2.24) is 24.7 Å². The number of aryl methyl sites for hydroxylation is 1. The first kappa shape index (κ1) is 17.6. The van der Waals surface area contributed by atoms with Gasteiger partial charge in [-0.25, -0.2) is 4.99 Å². The molecule has 29 heavy (non-hydrogen) atoms. The fraction of sp³-hybridized carbons (Fsp3) is 0.273. The van der Waals surface area contributed by atoms with Gasteiger partial charge in [-0.05, 0) is 50.3 Å². The number of nitrogens with one attached hydrogen (secondary N) is 1. The van der Waals surface area contributed by atoms with Crippen LogP contribution in [0.25, 0.3) is 22.2 Å². The van der Waals surface area contributed by atoms with Crippen LogP contribution in [0, 0.1) is 12.8 Å². The van der Waals surface area contributed by atoms with Crippen molar-refractivity contribution >= 4 is 22.3 Å². The number of aliphatic imine (C=N–C) groups is 1. The summed E-state index contributed by atoms with van der Waals surface area (Å²) in [6.07, 6.45) is 11.6. The second kappa shape index (κ2) is 6.84. The zero-order valence-corrected chi connectivity index (χ0v) is 16.4. The minimum atomic E-state index is 0.0912. The molecule has 1 fully saturated rings.